The second kappa shape index (κ2) is 6.25. The lowest BCUT2D eigenvalue weighted by Crippen LogP contribution is -2.49. The molecule has 2 atom stereocenters. The van der Waals surface area contributed by atoms with Crippen molar-refractivity contribution >= 4 is 33.4 Å². The summed E-state index contributed by atoms with van der Waals surface area (Å²) in [5, 5.41) is 1.32. The van der Waals surface area contributed by atoms with E-state index in [9.17, 15) is 4.79 Å². The highest BCUT2D eigenvalue weighted by Crippen LogP contribution is 2.20. The van der Waals surface area contributed by atoms with E-state index in [2.05, 4.69) is 15.9 Å². The van der Waals surface area contributed by atoms with Crippen molar-refractivity contribution in [2.45, 2.75) is 26.1 Å². The maximum atomic E-state index is 12.6. The summed E-state index contributed by atoms with van der Waals surface area (Å²) in [4.78, 5) is 14.4. The Morgan fingerprint density at radius 3 is 2.95 bits per heavy atom. The van der Waals surface area contributed by atoms with Crippen molar-refractivity contribution < 1.29 is 9.53 Å². The van der Waals surface area contributed by atoms with Crippen LogP contribution in [0.2, 0.25) is 5.02 Å². The van der Waals surface area contributed by atoms with Gasteiger partial charge >= 0.3 is 0 Å². The molecular weight excluding hydrogens is 330 g/mol. The van der Waals surface area contributed by atoms with Crippen LogP contribution in [0.5, 0.6) is 0 Å². The molecule has 0 N–H and O–H groups in total. The molecule has 1 aromatic carbocycles. The van der Waals surface area contributed by atoms with Crippen molar-refractivity contribution in [3.8, 4) is 0 Å². The Kier molecular flexibility index (Phi) is 4.87. The number of ether oxygens (including phenoxy) is 1. The van der Waals surface area contributed by atoms with E-state index < -0.39 is 0 Å². The van der Waals surface area contributed by atoms with Crippen molar-refractivity contribution in [2.75, 3.05) is 18.4 Å². The van der Waals surface area contributed by atoms with E-state index in [4.69, 9.17) is 16.3 Å². The number of amides is 1. The van der Waals surface area contributed by atoms with E-state index >= 15 is 0 Å². The Bertz CT molecular complexity index is 481. The zero-order valence-corrected chi connectivity index (χ0v) is 13.4. The molecule has 1 heterocycles. The summed E-state index contributed by atoms with van der Waals surface area (Å²) >= 11 is 9.39. The van der Waals surface area contributed by atoms with E-state index in [1.807, 2.05) is 24.8 Å². The molecule has 104 valence electrons. The fraction of sp³-hybridized carbons (Fsp3) is 0.500. The summed E-state index contributed by atoms with van der Waals surface area (Å²) in [6, 6.07) is 5.42. The van der Waals surface area contributed by atoms with E-state index in [0.29, 0.717) is 23.7 Å². The van der Waals surface area contributed by atoms with Crippen LogP contribution < -0.4 is 0 Å². The molecule has 3 nitrogen and oxygen atoms in total. The van der Waals surface area contributed by atoms with Crippen LogP contribution in [-0.2, 0) is 4.74 Å². The minimum atomic E-state index is 0.0288. The third-order valence-corrected chi connectivity index (χ3v) is 4.17. The average molecular weight is 347 g/mol. The number of carbonyl (C=O) groups is 1. The topological polar surface area (TPSA) is 29.5 Å². The van der Waals surface area contributed by atoms with Crippen LogP contribution in [0, 0.1) is 6.92 Å². The van der Waals surface area contributed by atoms with Crippen LogP contribution in [0.25, 0.3) is 0 Å². The van der Waals surface area contributed by atoms with E-state index in [0.717, 1.165) is 10.9 Å². The van der Waals surface area contributed by atoms with Crippen LogP contribution >= 0.6 is 27.5 Å². The van der Waals surface area contributed by atoms with Gasteiger partial charge in [-0.3, -0.25) is 4.79 Å². The first-order valence-electron chi connectivity index (χ1n) is 6.28. The molecule has 1 aliphatic rings. The molecular formula is C14H17BrClNO2. The number of alkyl halides is 1. The highest BCUT2D eigenvalue weighted by atomic mass is 79.9. The Morgan fingerprint density at radius 1 is 1.53 bits per heavy atom. The van der Waals surface area contributed by atoms with Gasteiger partial charge in [-0.1, -0.05) is 33.6 Å². The van der Waals surface area contributed by atoms with Gasteiger partial charge in [-0.25, -0.2) is 0 Å². The predicted octanol–water partition coefficient (Wildman–Crippen LogP) is 3.27. The number of carbonyl (C=O) groups excluding carboxylic acids is 1. The molecule has 0 aromatic heterocycles. The first-order chi connectivity index (χ1) is 9.01. The van der Waals surface area contributed by atoms with Gasteiger partial charge in [0.1, 0.15) is 0 Å². The number of rotatable bonds is 2. The van der Waals surface area contributed by atoms with Gasteiger partial charge in [-0.05, 0) is 31.5 Å². The summed E-state index contributed by atoms with van der Waals surface area (Å²) in [7, 11) is 0. The number of halogens is 2. The Labute approximate surface area is 127 Å². The van der Waals surface area contributed by atoms with Crippen molar-refractivity contribution in [1.82, 2.24) is 4.90 Å². The quantitative estimate of drug-likeness (QED) is 0.769. The van der Waals surface area contributed by atoms with Gasteiger partial charge in [-0.15, -0.1) is 0 Å². The Hall–Kier alpha value is -0.580. The smallest absolute Gasteiger partial charge is 0.254 e. The maximum absolute atomic E-state index is 12.6. The zero-order chi connectivity index (χ0) is 14.0. The first kappa shape index (κ1) is 14.8. The predicted molar refractivity (Wildman–Crippen MR) is 80.2 cm³/mol. The van der Waals surface area contributed by atoms with Gasteiger partial charge in [0.15, 0.2) is 0 Å². The molecule has 0 saturated carbocycles. The lowest BCUT2D eigenvalue weighted by Gasteiger charge is -2.36. The standard InChI is InChI=1S/C14H17BrClNO2/c1-9-3-4-11(16)5-13(9)14(18)17-7-10(2)19-12(6-15)8-17/h3-5,10,12H,6-8H2,1-2H3. The minimum Gasteiger partial charge on any atom is -0.371 e. The van der Waals surface area contributed by atoms with Crippen LogP contribution in [0.3, 0.4) is 0 Å². The second-order valence-corrected chi connectivity index (χ2v) is 5.98. The van der Waals surface area contributed by atoms with Crippen molar-refractivity contribution in [3.05, 3.63) is 34.3 Å². The monoisotopic (exact) mass is 345 g/mol. The molecule has 0 radical (unpaired) electrons. The molecule has 1 aromatic rings. The molecule has 1 aliphatic heterocycles. The number of hydrogen-bond donors (Lipinski definition) is 0. The molecule has 2 unspecified atom stereocenters. The molecule has 1 saturated heterocycles. The van der Waals surface area contributed by atoms with Gasteiger partial charge in [0, 0.05) is 29.0 Å². The number of aryl methyl sites for hydroxylation is 1. The van der Waals surface area contributed by atoms with Crippen LogP contribution in [0.4, 0.5) is 0 Å². The Balaban J connectivity index is 2.21. The number of nitrogens with zero attached hydrogens (tertiary/aromatic N) is 1. The van der Waals surface area contributed by atoms with E-state index in [1.54, 1.807) is 12.1 Å². The van der Waals surface area contributed by atoms with Crippen molar-refractivity contribution in [3.63, 3.8) is 0 Å². The third kappa shape index (κ3) is 3.50. The summed E-state index contributed by atoms with van der Waals surface area (Å²) < 4.78 is 5.74. The molecule has 0 aliphatic carbocycles. The summed E-state index contributed by atoms with van der Waals surface area (Å²) in [5.41, 5.74) is 1.62. The van der Waals surface area contributed by atoms with Gasteiger partial charge in [-0.2, -0.15) is 0 Å². The van der Waals surface area contributed by atoms with Gasteiger partial charge in [0.2, 0.25) is 0 Å². The highest BCUT2D eigenvalue weighted by molar-refractivity contribution is 9.09. The molecule has 19 heavy (non-hydrogen) atoms. The first-order valence-corrected chi connectivity index (χ1v) is 7.78. The van der Waals surface area contributed by atoms with Gasteiger partial charge in [0.05, 0.1) is 12.2 Å². The molecule has 0 bridgehead atoms. The number of benzene rings is 1. The Morgan fingerprint density at radius 2 is 2.26 bits per heavy atom. The van der Waals surface area contributed by atoms with E-state index in [-0.39, 0.29) is 18.1 Å². The molecule has 2 rings (SSSR count). The third-order valence-electron chi connectivity index (χ3n) is 3.22. The highest BCUT2D eigenvalue weighted by Gasteiger charge is 2.28. The molecule has 1 amide bonds. The molecule has 0 spiro atoms. The summed E-state index contributed by atoms with van der Waals surface area (Å²) in [6.07, 6.45) is 0.104. The fourth-order valence-electron chi connectivity index (χ4n) is 2.29. The van der Waals surface area contributed by atoms with Crippen molar-refractivity contribution in [1.29, 1.82) is 0 Å². The van der Waals surface area contributed by atoms with Gasteiger partial charge < -0.3 is 9.64 Å². The summed E-state index contributed by atoms with van der Waals surface area (Å²) in [6.45, 7) is 5.14. The zero-order valence-electron chi connectivity index (χ0n) is 11.0. The lowest BCUT2D eigenvalue weighted by molar-refractivity contribution is -0.0559. The summed E-state index contributed by atoms with van der Waals surface area (Å²) in [5.74, 6) is 0.0288. The fourth-order valence-corrected chi connectivity index (χ4v) is 2.82. The molecule has 1 fully saturated rings. The van der Waals surface area contributed by atoms with Crippen molar-refractivity contribution in [2.24, 2.45) is 0 Å². The lowest BCUT2D eigenvalue weighted by atomic mass is 10.1. The average Bonchev–Trinajstić information content (AvgIpc) is 2.40. The number of morpholine rings is 1. The van der Waals surface area contributed by atoms with Crippen LogP contribution in [0.1, 0.15) is 22.8 Å². The normalized spacial score (nSPS) is 23.5. The molecule has 5 heteroatoms. The van der Waals surface area contributed by atoms with E-state index in [1.165, 1.54) is 0 Å². The number of hydrogen-bond acceptors (Lipinski definition) is 2. The van der Waals surface area contributed by atoms with Crippen LogP contribution in [-0.4, -0.2) is 41.4 Å². The second-order valence-electron chi connectivity index (χ2n) is 4.89. The maximum Gasteiger partial charge on any atom is 0.254 e. The minimum absolute atomic E-state index is 0.0288. The van der Waals surface area contributed by atoms with Gasteiger partial charge in [0.25, 0.3) is 5.91 Å². The SMILES string of the molecule is Cc1ccc(Cl)cc1C(=O)N1CC(C)OC(CBr)C1. The largest absolute Gasteiger partial charge is 0.371 e. The van der Waals surface area contributed by atoms with Crippen LogP contribution in [0.15, 0.2) is 18.2 Å².